The Morgan fingerprint density at radius 3 is 2.55 bits per heavy atom. The Kier molecular flexibility index (Phi) is 6.45. The maximum atomic E-state index is 12.1. The van der Waals surface area contributed by atoms with Crippen molar-refractivity contribution < 1.29 is 4.79 Å². The third-order valence-corrected chi connectivity index (χ3v) is 6.87. The van der Waals surface area contributed by atoms with Gasteiger partial charge in [0.1, 0.15) is 0 Å². The summed E-state index contributed by atoms with van der Waals surface area (Å²) in [6.07, 6.45) is 1.80. The van der Waals surface area contributed by atoms with Crippen LogP contribution in [-0.4, -0.2) is 20.6 Å². The van der Waals surface area contributed by atoms with Crippen LogP contribution in [0.15, 0.2) is 48.7 Å². The maximum Gasteiger partial charge on any atom is 0.226 e. The van der Waals surface area contributed by atoms with Gasteiger partial charge in [0.25, 0.3) is 0 Å². The number of carbonyl (C=O) groups excluding carboxylic acids is 1. The van der Waals surface area contributed by atoms with E-state index in [4.69, 9.17) is 23.8 Å². The van der Waals surface area contributed by atoms with Crippen LogP contribution in [0.3, 0.4) is 0 Å². The van der Waals surface area contributed by atoms with Crippen LogP contribution in [0.5, 0.6) is 0 Å². The van der Waals surface area contributed by atoms with Crippen molar-refractivity contribution >= 4 is 46.2 Å². The van der Waals surface area contributed by atoms with E-state index in [1.54, 1.807) is 6.20 Å². The second-order valence-electron chi connectivity index (χ2n) is 8.69. The van der Waals surface area contributed by atoms with Crippen molar-refractivity contribution in [2.75, 3.05) is 10.2 Å². The van der Waals surface area contributed by atoms with Gasteiger partial charge in [-0.25, -0.2) is 0 Å². The number of aromatic nitrogens is 2. The predicted octanol–water partition coefficient (Wildman–Crippen LogP) is 5.46. The van der Waals surface area contributed by atoms with E-state index in [0.717, 1.165) is 11.4 Å². The van der Waals surface area contributed by atoms with Gasteiger partial charge in [0.05, 0.1) is 28.5 Å². The van der Waals surface area contributed by atoms with E-state index in [9.17, 15) is 4.79 Å². The highest BCUT2D eigenvalue weighted by molar-refractivity contribution is 7.80. The number of amides is 1. The Morgan fingerprint density at radius 1 is 1.21 bits per heavy atom. The number of benzene rings is 1. The summed E-state index contributed by atoms with van der Waals surface area (Å²) >= 11 is 12.4. The fraction of sp³-hybridized carbons (Fsp3) is 0.320. The number of rotatable bonds is 5. The summed E-state index contributed by atoms with van der Waals surface area (Å²) in [5.74, 6) is -0.213. The minimum Gasteiger partial charge on any atom is -0.352 e. The van der Waals surface area contributed by atoms with Crippen LogP contribution in [0.2, 0.25) is 5.02 Å². The maximum absolute atomic E-state index is 12.1. The van der Waals surface area contributed by atoms with Crippen LogP contribution in [0, 0.1) is 19.8 Å². The number of nitrogens with one attached hydrogen (secondary N) is 2. The number of anilines is 2. The highest BCUT2D eigenvalue weighted by Crippen LogP contribution is 2.44. The first kappa shape index (κ1) is 23.3. The zero-order chi connectivity index (χ0) is 23.9. The van der Waals surface area contributed by atoms with Crippen LogP contribution in [0.4, 0.5) is 11.4 Å². The van der Waals surface area contributed by atoms with E-state index in [1.165, 1.54) is 17.0 Å². The SMILES string of the molecule is Cc1cc([C@H]2[C@@H](c3ccccn3)NC(=S)N2c2ccc(NC(=O)C(C)C)c(Cl)c2)c(C)n1C. The lowest BCUT2D eigenvalue weighted by Gasteiger charge is -2.28. The standard InChI is InChI=1S/C25H28ClN5OS/c1-14(2)24(32)28-20-10-9-17(13-19(20)26)31-23(18-12-15(3)30(5)16(18)4)22(29-25(31)33)21-8-6-7-11-27-21/h6-14,22-23H,1-5H3,(H,28,32)(H,29,33)/t22-,23+/m1/s1. The fourth-order valence-corrected chi connectivity index (χ4v) is 4.73. The topological polar surface area (TPSA) is 62.2 Å². The van der Waals surface area contributed by atoms with Crippen molar-refractivity contribution in [2.45, 2.75) is 39.8 Å². The first-order valence-electron chi connectivity index (χ1n) is 10.9. The van der Waals surface area contributed by atoms with E-state index >= 15 is 0 Å². The zero-order valence-electron chi connectivity index (χ0n) is 19.4. The van der Waals surface area contributed by atoms with Crippen LogP contribution in [0.25, 0.3) is 0 Å². The highest BCUT2D eigenvalue weighted by atomic mass is 35.5. The van der Waals surface area contributed by atoms with Gasteiger partial charge < -0.3 is 20.1 Å². The molecule has 1 amide bonds. The molecule has 0 bridgehead atoms. The van der Waals surface area contributed by atoms with Crippen molar-refractivity contribution in [1.29, 1.82) is 0 Å². The molecule has 1 aliphatic rings. The minimum absolute atomic E-state index is 0.0773. The monoisotopic (exact) mass is 481 g/mol. The zero-order valence-corrected chi connectivity index (χ0v) is 21.0. The number of pyridine rings is 1. The predicted molar refractivity (Wildman–Crippen MR) is 138 cm³/mol. The summed E-state index contributed by atoms with van der Waals surface area (Å²) in [5, 5.41) is 7.43. The molecule has 2 atom stereocenters. The normalized spacial score (nSPS) is 18.0. The first-order valence-corrected chi connectivity index (χ1v) is 11.7. The molecule has 1 aliphatic heterocycles. The molecular weight excluding hydrogens is 454 g/mol. The molecule has 0 unspecified atom stereocenters. The Labute approximate surface area is 205 Å². The number of halogens is 1. The average Bonchev–Trinajstić information content (AvgIpc) is 3.26. The molecule has 0 saturated carbocycles. The van der Waals surface area contributed by atoms with Gasteiger partial charge in [-0.2, -0.15) is 0 Å². The van der Waals surface area contributed by atoms with Crippen molar-refractivity contribution in [1.82, 2.24) is 14.9 Å². The number of aryl methyl sites for hydroxylation is 1. The Morgan fingerprint density at radius 2 is 1.97 bits per heavy atom. The molecule has 172 valence electrons. The minimum atomic E-state index is -0.135. The molecule has 2 N–H and O–H groups in total. The van der Waals surface area contributed by atoms with Gasteiger partial charge >= 0.3 is 0 Å². The number of carbonyl (C=O) groups is 1. The van der Waals surface area contributed by atoms with Crippen molar-refractivity contribution in [3.8, 4) is 0 Å². The molecule has 4 rings (SSSR count). The molecule has 33 heavy (non-hydrogen) atoms. The first-order chi connectivity index (χ1) is 15.7. The summed E-state index contributed by atoms with van der Waals surface area (Å²) in [6.45, 7) is 7.91. The molecule has 8 heteroatoms. The molecule has 0 radical (unpaired) electrons. The summed E-state index contributed by atoms with van der Waals surface area (Å²) in [7, 11) is 2.07. The summed E-state index contributed by atoms with van der Waals surface area (Å²) < 4.78 is 2.18. The van der Waals surface area contributed by atoms with Gasteiger partial charge in [-0.15, -0.1) is 0 Å². The van der Waals surface area contributed by atoms with E-state index in [1.807, 2.05) is 50.2 Å². The number of nitrogens with zero attached hydrogens (tertiary/aromatic N) is 3. The Bertz CT molecular complexity index is 1210. The molecule has 0 spiro atoms. The molecule has 2 aromatic heterocycles. The number of hydrogen-bond donors (Lipinski definition) is 2. The largest absolute Gasteiger partial charge is 0.352 e. The van der Waals surface area contributed by atoms with E-state index < -0.39 is 0 Å². The van der Waals surface area contributed by atoms with Gasteiger partial charge in [0, 0.05) is 36.2 Å². The highest BCUT2D eigenvalue weighted by Gasteiger charge is 2.42. The Hall–Kier alpha value is -2.90. The van der Waals surface area contributed by atoms with Gasteiger partial charge in [-0.1, -0.05) is 31.5 Å². The van der Waals surface area contributed by atoms with Crippen LogP contribution >= 0.6 is 23.8 Å². The second-order valence-corrected chi connectivity index (χ2v) is 9.48. The molecule has 3 aromatic rings. The quantitative estimate of drug-likeness (QED) is 0.473. The lowest BCUT2D eigenvalue weighted by molar-refractivity contribution is -0.118. The molecule has 1 saturated heterocycles. The molecular formula is C25H28ClN5OS. The summed E-state index contributed by atoms with van der Waals surface area (Å²) in [5.41, 5.74) is 5.87. The second kappa shape index (κ2) is 9.15. The van der Waals surface area contributed by atoms with Gasteiger partial charge in [-0.3, -0.25) is 9.78 Å². The van der Waals surface area contributed by atoms with Gasteiger partial charge in [0.15, 0.2) is 5.11 Å². The van der Waals surface area contributed by atoms with Crippen LogP contribution in [-0.2, 0) is 11.8 Å². The lowest BCUT2D eigenvalue weighted by Crippen LogP contribution is -2.29. The van der Waals surface area contributed by atoms with E-state index in [2.05, 4.69) is 52.0 Å². The molecule has 1 fully saturated rings. The van der Waals surface area contributed by atoms with Crippen molar-refractivity contribution in [3.63, 3.8) is 0 Å². The third-order valence-electron chi connectivity index (χ3n) is 6.24. The average molecular weight is 482 g/mol. The Balaban J connectivity index is 1.79. The summed E-state index contributed by atoms with van der Waals surface area (Å²) in [6, 6.07) is 13.5. The number of thiocarbonyl (C=S) groups is 1. The van der Waals surface area contributed by atoms with Crippen LogP contribution in [0.1, 0.15) is 48.6 Å². The molecule has 3 heterocycles. The fourth-order valence-electron chi connectivity index (χ4n) is 4.17. The molecule has 6 nitrogen and oxygen atoms in total. The van der Waals surface area contributed by atoms with Gasteiger partial charge in [0.2, 0.25) is 5.91 Å². The van der Waals surface area contributed by atoms with E-state index in [-0.39, 0.29) is 23.9 Å². The molecule has 1 aromatic carbocycles. The third kappa shape index (κ3) is 4.35. The number of hydrogen-bond acceptors (Lipinski definition) is 3. The van der Waals surface area contributed by atoms with Crippen LogP contribution < -0.4 is 15.5 Å². The van der Waals surface area contributed by atoms with Gasteiger partial charge in [-0.05, 0) is 68.0 Å². The lowest BCUT2D eigenvalue weighted by atomic mass is 9.96. The summed E-state index contributed by atoms with van der Waals surface area (Å²) in [4.78, 5) is 18.8. The smallest absolute Gasteiger partial charge is 0.226 e. The molecule has 0 aliphatic carbocycles. The van der Waals surface area contributed by atoms with E-state index in [0.29, 0.717) is 15.8 Å². The van der Waals surface area contributed by atoms with Crippen molar-refractivity contribution in [3.05, 3.63) is 76.3 Å². The van der Waals surface area contributed by atoms with Crippen molar-refractivity contribution in [2.24, 2.45) is 13.0 Å².